The summed E-state index contributed by atoms with van der Waals surface area (Å²) in [5.41, 5.74) is 0. The van der Waals surface area contributed by atoms with Crippen LogP contribution in [-0.4, -0.2) is 60.4 Å². The number of hydrogen-bond acceptors (Lipinski definition) is 3. The quantitative estimate of drug-likeness (QED) is 0.805. The van der Waals surface area contributed by atoms with Crippen molar-refractivity contribution in [3.05, 3.63) is 0 Å². The van der Waals surface area contributed by atoms with E-state index < -0.39 is 0 Å². The third-order valence-corrected chi connectivity index (χ3v) is 4.43. The molecule has 0 aromatic carbocycles. The normalized spacial score (nSPS) is 24.9. The average Bonchev–Trinajstić information content (AvgIpc) is 2.87. The zero-order valence-corrected chi connectivity index (χ0v) is 12.0. The summed E-state index contributed by atoms with van der Waals surface area (Å²) in [6, 6.07) is 0.613. The van der Waals surface area contributed by atoms with Crippen molar-refractivity contribution in [1.29, 1.82) is 0 Å². The van der Waals surface area contributed by atoms with Crippen LogP contribution in [0.3, 0.4) is 0 Å². The Hall–Kier alpha value is -1.10. The lowest BCUT2D eigenvalue weighted by Crippen LogP contribution is -2.48. The van der Waals surface area contributed by atoms with Crippen LogP contribution in [0.4, 0.5) is 0 Å². The van der Waals surface area contributed by atoms with Gasteiger partial charge in [0, 0.05) is 32.1 Å². The Morgan fingerprint density at radius 1 is 1.32 bits per heavy atom. The molecular weight excluding hydrogens is 242 g/mol. The van der Waals surface area contributed by atoms with Crippen molar-refractivity contribution in [2.24, 2.45) is 5.92 Å². The van der Waals surface area contributed by atoms with Crippen LogP contribution in [0.15, 0.2) is 0 Å². The van der Waals surface area contributed by atoms with Gasteiger partial charge in [-0.25, -0.2) is 0 Å². The van der Waals surface area contributed by atoms with E-state index in [4.69, 9.17) is 0 Å². The molecule has 0 aromatic rings. The van der Waals surface area contributed by atoms with Crippen LogP contribution in [0.1, 0.15) is 33.1 Å². The number of nitrogens with zero attached hydrogens (tertiary/aromatic N) is 2. The molecule has 0 radical (unpaired) electrons. The molecule has 1 unspecified atom stereocenters. The molecule has 2 rings (SSSR count). The molecule has 2 amide bonds. The molecule has 1 atom stereocenters. The Labute approximate surface area is 115 Å². The number of amides is 2. The minimum atomic E-state index is -0.127. The SMILES string of the molecule is CCN(CC)C1CCN(C(=O)C2CNC(=O)C2)CC1. The summed E-state index contributed by atoms with van der Waals surface area (Å²) in [5.74, 6) is 0.0465. The first-order valence-corrected chi connectivity index (χ1v) is 7.45. The number of carbonyl (C=O) groups excluding carboxylic acids is 2. The molecule has 2 fully saturated rings. The van der Waals surface area contributed by atoms with E-state index >= 15 is 0 Å². The largest absolute Gasteiger partial charge is 0.355 e. The summed E-state index contributed by atoms with van der Waals surface area (Å²) < 4.78 is 0. The lowest BCUT2D eigenvalue weighted by molar-refractivity contribution is -0.137. The highest BCUT2D eigenvalue weighted by atomic mass is 16.2. The van der Waals surface area contributed by atoms with Crippen molar-refractivity contribution in [3.63, 3.8) is 0 Å². The topological polar surface area (TPSA) is 52.6 Å². The second kappa shape index (κ2) is 6.37. The van der Waals surface area contributed by atoms with Crippen LogP contribution in [0, 0.1) is 5.92 Å². The molecular formula is C14H25N3O2. The first-order valence-electron chi connectivity index (χ1n) is 7.45. The van der Waals surface area contributed by atoms with E-state index in [9.17, 15) is 9.59 Å². The minimum Gasteiger partial charge on any atom is -0.355 e. The maximum atomic E-state index is 12.3. The maximum Gasteiger partial charge on any atom is 0.227 e. The highest BCUT2D eigenvalue weighted by molar-refractivity contribution is 5.89. The number of hydrogen-bond donors (Lipinski definition) is 1. The summed E-state index contributed by atoms with van der Waals surface area (Å²) in [6.45, 7) is 8.74. The van der Waals surface area contributed by atoms with E-state index in [2.05, 4.69) is 24.1 Å². The number of likely N-dealkylation sites (tertiary alicyclic amines) is 1. The van der Waals surface area contributed by atoms with Gasteiger partial charge in [0.15, 0.2) is 0 Å². The monoisotopic (exact) mass is 267 g/mol. The molecule has 1 N–H and O–H groups in total. The molecule has 2 aliphatic heterocycles. The molecule has 2 saturated heterocycles. The van der Waals surface area contributed by atoms with E-state index in [0.29, 0.717) is 19.0 Å². The summed E-state index contributed by atoms with van der Waals surface area (Å²) in [5, 5.41) is 2.74. The molecule has 0 spiro atoms. The molecule has 108 valence electrons. The number of rotatable bonds is 4. The fourth-order valence-electron chi connectivity index (χ4n) is 3.23. The van der Waals surface area contributed by atoms with Crippen LogP contribution >= 0.6 is 0 Å². The van der Waals surface area contributed by atoms with E-state index in [0.717, 1.165) is 39.0 Å². The van der Waals surface area contributed by atoms with Gasteiger partial charge in [-0.2, -0.15) is 0 Å². The molecule has 0 saturated carbocycles. The second-order valence-corrected chi connectivity index (χ2v) is 5.48. The highest BCUT2D eigenvalue weighted by Crippen LogP contribution is 2.20. The molecule has 2 aliphatic rings. The van der Waals surface area contributed by atoms with Gasteiger partial charge >= 0.3 is 0 Å². The zero-order chi connectivity index (χ0) is 13.8. The Bertz CT molecular complexity index is 334. The second-order valence-electron chi connectivity index (χ2n) is 5.48. The van der Waals surface area contributed by atoms with Crippen molar-refractivity contribution < 1.29 is 9.59 Å². The zero-order valence-electron chi connectivity index (χ0n) is 12.0. The Kier molecular flexibility index (Phi) is 4.80. The van der Waals surface area contributed by atoms with E-state index in [1.165, 1.54) is 0 Å². The van der Waals surface area contributed by atoms with Gasteiger partial charge in [0.1, 0.15) is 0 Å². The summed E-state index contributed by atoms with van der Waals surface area (Å²) in [4.78, 5) is 27.9. The number of carbonyl (C=O) groups is 2. The van der Waals surface area contributed by atoms with Gasteiger partial charge in [-0.15, -0.1) is 0 Å². The van der Waals surface area contributed by atoms with Crippen LogP contribution in [0.5, 0.6) is 0 Å². The van der Waals surface area contributed by atoms with Crippen LogP contribution < -0.4 is 5.32 Å². The van der Waals surface area contributed by atoms with Crippen molar-refractivity contribution in [3.8, 4) is 0 Å². The molecule has 19 heavy (non-hydrogen) atoms. The van der Waals surface area contributed by atoms with Crippen molar-refractivity contribution >= 4 is 11.8 Å². The van der Waals surface area contributed by atoms with Gasteiger partial charge in [0.25, 0.3) is 0 Å². The Morgan fingerprint density at radius 3 is 2.42 bits per heavy atom. The predicted octanol–water partition coefficient (Wildman–Crippen LogP) is 0.455. The lowest BCUT2D eigenvalue weighted by Gasteiger charge is -2.38. The molecule has 0 bridgehead atoms. The van der Waals surface area contributed by atoms with Gasteiger partial charge in [0.2, 0.25) is 11.8 Å². The van der Waals surface area contributed by atoms with Gasteiger partial charge < -0.3 is 15.1 Å². The molecule has 5 nitrogen and oxygen atoms in total. The van der Waals surface area contributed by atoms with Gasteiger partial charge in [-0.05, 0) is 25.9 Å². The highest BCUT2D eigenvalue weighted by Gasteiger charge is 2.33. The van der Waals surface area contributed by atoms with Crippen LogP contribution in [-0.2, 0) is 9.59 Å². The van der Waals surface area contributed by atoms with Crippen molar-refractivity contribution in [2.75, 3.05) is 32.7 Å². The standard InChI is InChI=1S/C14H25N3O2/c1-3-16(4-2)12-5-7-17(8-6-12)14(19)11-9-13(18)15-10-11/h11-12H,3-10H2,1-2H3,(H,15,18). The van der Waals surface area contributed by atoms with Crippen molar-refractivity contribution in [1.82, 2.24) is 15.1 Å². The summed E-state index contributed by atoms with van der Waals surface area (Å²) >= 11 is 0. The first kappa shape index (κ1) is 14.3. The predicted molar refractivity (Wildman–Crippen MR) is 73.6 cm³/mol. The Morgan fingerprint density at radius 2 is 1.95 bits per heavy atom. The average molecular weight is 267 g/mol. The summed E-state index contributed by atoms with van der Waals surface area (Å²) in [6.07, 6.45) is 2.48. The molecule has 0 aromatic heterocycles. The maximum absolute atomic E-state index is 12.3. The lowest BCUT2D eigenvalue weighted by atomic mass is 10.00. The summed E-state index contributed by atoms with van der Waals surface area (Å²) in [7, 11) is 0. The first-order chi connectivity index (χ1) is 9.15. The van der Waals surface area contributed by atoms with Gasteiger partial charge in [0.05, 0.1) is 5.92 Å². The third kappa shape index (κ3) is 3.26. The molecule has 0 aliphatic carbocycles. The van der Waals surface area contributed by atoms with Gasteiger partial charge in [-0.1, -0.05) is 13.8 Å². The fraction of sp³-hybridized carbons (Fsp3) is 0.857. The van der Waals surface area contributed by atoms with E-state index in [1.54, 1.807) is 0 Å². The fourth-order valence-corrected chi connectivity index (χ4v) is 3.23. The number of piperidine rings is 1. The van der Waals surface area contributed by atoms with Gasteiger partial charge in [-0.3, -0.25) is 9.59 Å². The van der Waals surface area contributed by atoms with E-state index in [-0.39, 0.29) is 17.7 Å². The van der Waals surface area contributed by atoms with Crippen LogP contribution in [0.25, 0.3) is 0 Å². The minimum absolute atomic E-state index is 0.0105. The smallest absolute Gasteiger partial charge is 0.227 e. The third-order valence-electron chi connectivity index (χ3n) is 4.43. The van der Waals surface area contributed by atoms with E-state index in [1.807, 2.05) is 4.90 Å². The molecule has 2 heterocycles. The number of nitrogens with one attached hydrogen (secondary N) is 1. The van der Waals surface area contributed by atoms with Crippen LogP contribution in [0.2, 0.25) is 0 Å². The van der Waals surface area contributed by atoms with Crippen molar-refractivity contribution in [2.45, 2.75) is 39.2 Å². The Balaban J connectivity index is 1.82. The molecule has 5 heteroatoms.